The lowest BCUT2D eigenvalue weighted by Gasteiger charge is -2.51. The molecule has 7 fully saturated rings. The van der Waals surface area contributed by atoms with Crippen molar-refractivity contribution in [3.05, 3.63) is 0 Å². The summed E-state index contributed by atoms with van der Waals surface area (Å²) < 4.78 is 65.9. The summed E-state index contributed by atoms with van der Waals surface area (Å²) in [4.78, 5) is 0. The molecule has 0 N–H and O–H groups in total. The predicted molar refractivity (Wildman–Crippen MR) is 189 cm³/mol. The van der Waals surface area contributed by atoms with Crippen LogP contribution in [0.1, 0.15) is 77.0 Å². The fourth-order valence-corrected chi connectivity index (χ4v) is 39.1. The largest absolute Gasteiger partial charge is 0.502 e. The SMILES string of the molecule is CO[Si](C[Si]1(C)O[Si](C)(CCC2CCC3OC3C2)O[Si](C)(CCC2CCC3OC3C2)O[Si](C)(CCC2CCC3OC3C2)O1)(OC)OC. The van der Waals surface area contributed by atoms with Crippen molar-refractivity contribution in [3.8, 4) is 0 Å². The lowest BCUT2D eigenvalue weighted by molar-refractivity contribution is 0.124. The third-order valence-electron chi connectivity index (χ3n) is 12.6. The van der Waals surface area contributed by atoms with Crippen LogP contribution in [0.3, 0.4) is 0 Å². The number of hydrogen-bond acceptors (Lipinski definition) is 10. The van der Waals surface area contributed by atoms with Crippen molar-refractivity contribution in [2.24, 2.45) is 17.8 Å². The van der Waals surface area contributed by atoms with Crippen molar-refractivity contribution >= 4 is 43.0 Å². The molecule has 3 aliphatic carbocycles. The Morgan fingerprint density at radius 3 is 1.09 bits per heavy atom. The van der Waals surface area contributed by atoms with Gasteiger partial charge < -0.3 is 43.9 Å². The highest BCUT2D eigenvalue weighted by atomic mass is 28.5. The van der Waals surface area contributed by atoms with Gasteiger partial charge in [0, 0.05) is 21.3 Å². The highest BCUT2D eigenvalue weighted by Crippen LogP contribution is 2.47. The van der Waals surface area contributed by atoms with Crippen molar-refractivity contribution in [1.82, 2.24) is 0 Å². The summed E-state index contributed by atoms with van der Waals surface area (Å²) in [6.45, 7) is 9.14. The Labute approximate surface area is 288 Å². The minimum absolute atomic E-state index is 0.476. The number of fused-ring (bicyclic) bond motifs is 3. The van der Waals surface area contributed by atoms with Gasteiger partial charge in [-0.2, -0.15) is 0 Å². The topological polar surface area (TPSA) is 102 Å². The normalized spacial score (nSPS) is 49.2. The average Bonchev–Trinajstić information content (AvgIpc) is 3.92. The molecule has 4 aliphatic heterocycles. The van der Waals surface area contributed by atoms with Crippen LogP contribution in [-0.4, -0.2) is 101 Å². The van der Waals surface area contributed by atoms with Gasteiger partial charge in [-0.05, 0) is 139 Å². The first kappa shape index (κ1) is 36.1. The second kappa shape index (κ2) is 13.9. The summed E-state index contributed by atoms with van der Waals surface area (Å²) in [6.07, 6.45) is 17.2. The first-order chi connectivity index (χ1) is 22.4. The molecule has 7 aliphatic rings. The smallest absolute Gasteiger partial charge is 0.416 e. The van der Waals surface area contributed by atoms with Crippen LogP contribution in [0, 0.1) is 17.8 Å². The molecule has 0 aromatic heterocycles. The third kappa shape index (κ3) is 8.84. The van der Waals surface area contributed by atoms with Crippen molar-refractivity contribution in [3.63, 3.8) is 0 Å². The zero-order valence-corrected chi connectivity index (χ0v) is 35.1. The predicted octanol–water partition coefficient (Wildman–Crippen LogP) is 6.64. The molecule has 270 valence electrons. The van der Waals surface area contributed by atoms with Crippen molar-refractivity contribution < 1.29 is 43.9 Å². The molecule has 10 nitrogen and oxygen atoms in total. The summed E-state index contributed by atoms with van der Waals surface area (Å²) in [5.74, 6) is 2.00. The molecule has 0 aromatic carbocycles. The fraction of sp³-hybridized carbons (Fsp3) is 1.00. The van der Waals surface area contributed by atoms with Gasteiger partial charge in [0.25, 0.3) is 0 Å². The van der Waals surface area contributed by atoms with Crippen LogP contribution in [0.4, 0.5) is 0 Å². The zero-order valence-electron chi connectivity index (χ0n) is 30.1. The van der Waals surface area contributed by atoms with Crippen molar-refractivity contribution in [1.29, 1.82) is 0 Å². The Hall–Kier alpha value is 0.684. The van der Waals surface area contributed by atoms with Gasteiger partial charge >= 0.3 is 43.0 Å². The fourth-order valence-electron chi connectivity index (χ4n) is 9.79. The van der Waals surface area contributed by atoms with Gasteiger partial charge in [-0.3, -0.25) is 0 Å². The van der Waals surface area contributed by atoms with E-state index in [1.807, 2.05) is 0 Å². The van der Waals surface area contributed by atoms with E-state index < -0.39 is 43.0 Å². The summed E-state index contributed by atoms with van der Waals surface area (Å²) >= 11 is 0. The van der Waals surface area contributed by atoms with E-state index in [0.717, 1.165) is 37.4 Å². The summed E-state index contributed by atoms with van der Waals surface area (Å²) in [5.41, 5.74) is 0.520. The minimum Gasteiger partial charge on any atom is -0.416 e. The van der Waals surface area contributed by atoms with Crippen LogP contribution < -0.4 is 0 Å². The van der Waals surface area contributed by atoms with Crippen LogP contribution in [0.25, 0.3) is 0 Å². The Bertz CT molecular complexity index is 1050. The molecule has 7 rings (SSSR count). The molecule has 47 heavy (non-hydrogen) atoms. The van der Waals surface area contributed by atoms with E-state index in [1.165, 1.54) is 57.8 Å². The van der Waals surface area contributed by atoms with E-state index in [0.29, 0.717) is 60.0 Å². The molecular formula is C32H62O10Si5. The summed E-state index contributed by atoms with van der Waals surface area (Å²) in [6, 6.07) is 2.87. The molecule has 15 heteroatoms. The first-order valence-corrected chi connectivity index (χ1v) is 30.8. The van der Waals surface area contributed by atoms with Crippen LogP contribution in [0.15, 0.2) is 0 Å². The van der Waals surface area contributed by atoms with Gasteiger partial charge in [0.2, 0.25) is 0 Å². The molecule has 3 saturated carbocycles. The van der Waals surface area contributed by atoms with Crippen molar-refractivity contribution in [2.45, 2.75) is 164 Å². The van der Waals surface area contributed by atoms with E-state index in [4.69, 9.17) is 43.9 Å². The van der Waals surface area contributed by atoms with Crippen LogP contribution >= 0.6 is 0 Å². The molecule has 4 heterocycles. The Morgan fingerprint density at radius 2 is 0.787 bits per heavy atom. The van der Waals surface area contributed by atoms with E-state index in [-0.39, 0.29) is 0 Å². The van der Waals surface area contributed by atoms with Crippen LogP contribution in [0.5, 0.6) is 0 Å². The maximum Gasteiger partial charge on any atom is 0.502 e. The third-order valence-corrected chi connectivity index (χ3v) is 36.1. The Morgan fingerprint density at radius 1 is 0.468 bits per heavy atom. The Kier molecular flexibility index (Phi) is 10.7. The number of hydrogen-bond donors (Lipinski definition) is 0. The highest BCUT2D eigenvalue weighted by Gasteiger charge is 2.61. The van der Waals surface area contributed by atoms with Gasteiger partial charge in [0.15, 0.2) is 0 Å². The quantitative estimate of drug-likeness (QED) is 0.142. The first-order valence-electron chi connectivity index (χ1n) is 18.8. The van der Waals surface area contributed by atoms with Gasteiger partial charge in [-0.25, -0.2) is 0 Å². The number of epoxide rings is 3. The van der Waals surface area contributed by atoms with Crippen LogP contribution in [0.2, 0.25) is 50.0 Å². The molecule has 0 aromatic rings. The summed E-state index contributed by atoms with van der Waals surface area (Å²) in [5, 5.41) is 0. The lowest BCUT2D eigenvalue weighted by atomic mass is 9.88. The van der Waals surface area contributed by atoms with Gasteiger partial charge in [-0.1, -0.05) is 0 Å². The van der Waals surface area contributed by atoms with E-state index in [9.17, 15) is 0 Å². The highest BCUT2D eigenvalue weighted by molar-refractivity contribution is 6.96. The number of rotatable bonds is 14. The second-order valence-corrected chi connectivity index (χ2v) is 34.5. The van der Waals surface area contributed by atoms with Gasteiger partial charge in [-0.15, -0.1) is 0 Å². The zero-order chi connectivity index (χ0) is 33.1. The lowest BCUT2D eigenvalue weighted by Crippen LogP contribution is -2.69. The Balaban J connectivity index is 1.13. The van der Waals surface area contributed by atoms with Gasteiger partial charge in [0.1, 0.15) is 0 Å². The maximum atomic E-state index is 7.58. The molecule has 0 radical (unpaired) electrons. The molecule has 4 saturated heterocycles. The number of ether oxygens (including phenoxy) is 3. The molecule has 0 bridgehead atoms. The maximum absolute atomic E-state index is 7.58. The molecular weight excluding hydrogens is 685 g/mol. The van der Waals surface area contributed by atoms with Crippen molar-refractivity contribution in [2.75, 3.05) is 21.3 Å². The van der Waals surface area contributed by atoms with E-state index >= 15 is 0 Å². The molecule has 11 atom stereocenters. The monoisotopic (exact) mass is 746 g/mol. The van der Waals surface area contributed by atoms with Crippen LogP contribution in [-0.2, 0) is 43.9 Å². The standard InChI is InChI=1S/C32H62O10Si5/c1-33-47(34-2,35-3)23-46(7)41-44(5,18-15-25-9-12-28-31(21-25)37-28)39-43(4,17-14-24-8-11-27-30(20-24)36-27)40-45(6,42-46)19-16-26-10-13-29-32(22-26)38-29/h24-32H,8-23H2,1-7H3. The van der Waals surface area contributed by atoms with E-state index in [2.05, 4.69) is 26.2 Å². The molecule has 0 spiro atoms. The minimum atomic E-state index is -3.02. The average molecular weight is 747 g/mol. The second-order valence-electron chi connectivity index (χ2n) is 16.7. The van der Waals surface area contributed by atoms with Gasteiger partial charge in [0.05, 0.1) is 42.3 Å². The summed E-state index contributed by atoms with van der Waals surface area (Å²) in [7, 11) is -9.14. The van der Waals surface area contributed by atoms with E-state index in [1.54, 1.807) is 21.3 Å². The molecule has 11 unspecified atom stereocenters. The molecule has 0 amide bonds.